The predicted octanol–water partition coefficient (Wildman–Crippen LogP) is 0.910. The van der Waals surface area contributed by atoms with E-state index in [4.69, 9.17) is 5.73 Å². The van der Waals surface area contributed by atoms with Crippen LogP contribution in [0.2, 0.25) is 0 Å². The standard InChI is InChI=1S/C13H21N5O/c1-2-15-12(19)10-5-6-11(18-17-10)16-13(9-14)7-3-4-8-13/h5-6H,2-4,7-9,14H2,1H3,(H,15,19)(H,16,18). The molecule has 19 heavy (non-hydrogen) atoms. The van der Waals surface area contributed by atoms with Gasteiger partial charge in [-0.05, 0) is 31.9 Å². The number of rotatable bonds is 5. The minimum absolute atomic E-state index is 0.0537. The van der Waals surface area contributed by atoms with Crippen LogP contribution in [0, 0.1) is 0 Å². The van der Waals surface area contributed by atoms with Crippen molar-refractivity contribution in [3.05, 3.63) is 17.8 Å². The highest BCUT2D eigenvalue weighted by Gasteiger charge is 2.32. The summed E-state index contributed by atoms with van der Waals surface area (Å²) in [5.74, 6) is 0.483. The van der Waals surface area contributed by atoms with E-state index in [1.165, 1.54) is 12.8 Å². The van der Waals surface area contributed by atoms with Gasteiger partial charge in [0.05, 0.1) is 5.54 Å². The Morgan fingerprint density at radius 1 is 1.37 bits per heavy atom. The second-order valence-corrected chi connectivity index (χ2v) is 4.98. The minimum Gasteiger partial charge on any atom is -0.362 e. The van der Waals surface area contributed by atoms with E-state index in [0.717, 1.165) is 12.8 Å². The molecule has 0 spiro atoms. The van der Waals surface area contributed by atoms with Crippen molar-refractivity contribution in [1.82, 2.24) is 15.5 Å². The number of aromatic nitrogens is 2. The van der Waals surface area contributed by atoms with E-state index in [0.29, 0.717) is 24.6 Å². The van der Waals surface area contributed by atoms with Gasteiger partial charge in [0, 0.05) is 13.1 Å². The number of amides is 1. The Hall–Kier alpha value is -1.69. The SMILES string of the molecule is CCNC(=O)c1ccc(NC2(CN)CCCC2)nn1. The van der Waals surface area contributed by atoms with Crippen molar-refractivity contribution in [2.75, 3.05) is 18.4 Å². The number of carbonyl (C=O) groups is 1. The molecule has 4 N–H and O–H groups in total. The number of hydrogen-bond acceptors (Lipinski definition) is 5. The molecule has 0 bridgehead atoms. The number of carbonyl (C=O) groups excluding carboxylic acids is 1. The van der Waals surface area contributed by atoms with E-state index < -0.39 is 0 Å². The van der Waals surface area contributed by atoms with Gasteiger partial charge < -0.3 is 16.4 Å². The summed E-state index contributed by atoms with van der Waals surface area (Å²) in [5.41, 5.74) is 6.14. The Kier molecular flexibility index (Phi) is 4.31. The van der Waals surface area contributed by atoms with E-state index in [1.54, 1.807) is 12.1 Å². The Bertz CT molecular complexity index is 425. The Morgan fingerprint density at radius 3 is 2.63 bits per heavy atom. The van der Waals surface area contributed by atoms with Crippen molar-refractivity contribution in [2.24, 2.45) is 5.73 Å². The lowest BCUT2D eigenvalue weighted by molar-refractivity contribution is 0.0950. The van der Waals surface area contributed by atoms with Gasteiger partial charge in [-0.15, -0.1) is 10.2 Å². The highest BCUT2D eigenvalue weighted by Crippen LogP contribution is 2.31. The lowest BCUT2D eigenvalue weighted by Crippen LogP contribution is -2.43. The maximum atomic E-state index is 11.6. The predicted molar refractivity (Wildman–Crippen MR) is 73.9 cm³/mol. The van der Waals surface area contributed by atoms with Crippen molar-refractivity contribution < 1.29 is 4.79 Å². The zero-order valence-electron chi connectivity index (χ0n) is 11.3. The molecule has 1 aromatic heterocycles. The minimum atomic E-state index is -0.198. The van der Waals surface area contributed by atoms with Gasteiger partial charge in [0.25, 0.3) is 5.91 Å². The van der Waals surface area contributed by atoms with Gasteiger partial charge in [0.15, 0.2) is 5.69 Å². The molecule has 0 saturated heterocycles. The van der Waals surface area contributed by atoms with Gasteiger partial charge in [0.1, 0.15) is 5.82 Å². The highest BCUT2D eigenvalue weighted by atomic mass is 16.1. The van der Waals surface area contributed by atoms with Crippen molar-refractivity contribution in [2.45, 2.75) is 38.1 Å². The molecule has 6 nitrogen and oxygen atoms in total. The molecule has 1 aromatic rings. The lowest BCUT2D eigenvalue weighted by Gasteiger charge is -2.29. The van der Waals surface area contributed by atoms with E-state index in [9.17, 15) is 4.79 Å². The van der Waals surface area contributed by atoms with E-state index >= 15 is 0 Å². The molecular formula is C13H21N5O. The lowest BCUT2D eigenvalue weighted by atomic mass is 9.98. The van der Waals surface area contributed by atoms with Crippen LogP contribution in [0.25, 0.3) is 0 Å². The van der Waals surface area contributed by atoms with Gasteiger partial charge in [-0.3, -0.25) is 4.79 Å². The molecular weight excluding hydrogens is 242 g/mol. The molecule has 0 aromatic carbocycles. The van der Waals surface area contributed by atoms with Crippen LogP contribution in [0.5, 0.6) is 0 Å². The van der Waals surface area contributed by atoms with E-state index in [2.05, 4.69) is 20.8 Å². The first kappa shape index (κ1) is 13.7. The number of nitrogens with zero attached hydrogens (tertiary/aromatic N) is 2. The Labute approximate surface area is 113 Å². The summed E-state index contributed by atoms with van der Waals surface area (Å²) >= 11 is 0. The third kappa shape index (κ3) is 3.20. The van der Waals surface area contributed by atoms with Crippen LogP contribution in [-0.2, 0) is 0 Å². The number of nitrogens with one attached hydrogen (secondary N) is 2. The summed E-state index contributed by atoms with van der Waals surface area (Å²) < 4.78 is 0. The van der Waals surface area contributed by atoms with Gasteiger partial charge in [-0.25, -0.2) is 0 Å². The van der Waals surface area contributed by atoms with E-state index in [1.807, 2.05) is 6.92 Å². The van der Waals surface area contributed by atoms with Gasteiger partial charge in [0.2, 0.25) is 0 Å². The highest BCUT2D eigenvalue weighted by molar-refractivity contribution is 5.92. The van der Waals surface area contributed by atoms with Gasteiger partial charge in [-0.1, -0.05) is 12.8 Å². The van der Waals surface area contributed by atoms with Crippen LogP contribution in [-0.4, -0.2) is 34.7 Å². The number of hydrogen-bond donors (Lipinski definition) is 3. The number of anilines is 1. The van der Waals surface area contributed by atoms with Crippen molar-refractivity contribution >= 4 is 11.7 Å². The Balaban J connectivity index is 2.04. The molecule has 1 aliphatic rings. The molecule has 1 saturated carbocycles. The maximum absolute atomic E-state index is 11.6. The summed E-state index contributed by atoms with van der Waals surface area (Å²) in [7, 11) is 0. The summed E-state index contributed by atoms with van der Waals surface area (Å²) in [6.45, 7) is 3.04. The first-order chi connectivity index (χ1) is 9.19. The van der Waals surface area contributed by atoms with Crippen LogP contribution in [0.4, 0.5) is 5.82 Å². The topological polar surface area (TPSA) is 92.9 Å². The van der Waals surface area contributed by atoms with Gasteiger partial charge >= 0.3 is 0 Å². The van der Waals surface area contributed by atoms with Crippen molar-refractivity contribution in [1.29, 1.82) is 0 Å². The molecule has 104 valence electrons. The van der Waals surface area contributed by atoms with Crippen LogP contribution in [0.1, 0.15) is 43.1 Å². The van der Waals surface area contributed by atoms with Gasteiger partial charge in [-0.2, -0.15) is 0 Å². The fourth-order valence-electron chi connectivity index (χ4n) is 2.47. The van der Waals surface area contributed by atoms with Crippen LogP contribution in [0.3, 0.4) is 0 Å². The first-order valence-electron chi connectivity index (χ1n) is 6.79. The number of nitrogens with two attached hydrogens (primary N) is 1. The smallest absolute Gasteiger partial charge is 0.271 e. The van der Waals surface area contributed by atoms with Crippen molar-refractivity contribution in [3.63, 3.8) is 0 Å². The Morgan fingerprint density at radius 2 is 2.11 bits per heavy atom. The summed E-state index contributed by atoms with van der Waals surface area (Å²) in [4.78, 5) is 11.6. The second-order valence-electron chi connectivity index (χ2n) is 4.98. The molecule has 0 aliphatic heterocycles. The maximum Gasteiger partial charge on any atom is 0.271 e. The fraction of sp³-hybridized carbons (Fsp3) is 0.615. The molecule has 1 amide bonds. The summed E-state index contributed by atoms with van der Waals surface area (Å²) in [6.07, 6.45) is 4.50. The van der Waals surface area contributed by atoms with Crippen LogP contribution < -0.4 is 16.4 Å². The molecule has 0 unspecified atom stereocenters. The normalized spacial score (nSPS) is 17.2. The largest absolute Gasteiger partial charge is 0.362 e. The first-order valence-corrected chi connectivity index (χ1v) is 6.79. The summed E-state index contributed by atoms with van der Waals surface area (Å²) in [5, 5.41) is 14.1. The third-order valence-corrected chi connectivity index (χ3v) is 3.58. The second kappa shape index (κ2) is 5.97. The average Bonchev–Trinajstić information content (AvgIpc) is 2.89. The zero-order valence-corrected chi connectivity index (χ0v) is 11.3. The third-order valence-electron chi connectivity index (χ3n) is 3.58. The zero-order chi connectivity index (χ0) is 13.7. The summed E-state index contributed by atoms with van der Waals surface area (Å²) in [6, 6.07) is 3.47. The molecule has 1 aliphatic carbocycles. The quantitative estimate of drug-likeness (QED) is 0.734. The van der Waals surface area contributed by atoms with Crippen LogP contribution >= 0.6 is 0 Å². The molecule has 2 rings (SSSR count). The average molecular weight is 263 g/mol. The molecule has 1 heterocycles. The molecule has 0 atom stereocenters. The van der Waals surface area contributed by atoms with E-state index in [-0.39, 0.29) is 11.4 Å². The van der Waals surface area contributed by atoms with Crippen LogP contribution in [0.15, 0.2) is 12.1 Å². The molecule has 0 radical (unpaired) electrons. The fourth-order valence-corrected chi connectivity index (χ4v) is 2.47. The molecule has 6 heteroatoms. The van der Waals surface area contributed by atoms with Crippen molar-refractivity contribution in [3.8, 4) is 0 Å². The monoisotopic (exact) mass is 263 g/mol. The molecule has 1 fully saturated rings.